The number of methoxy groups -OCH3 is 1. The monoisotopic (exact) mass is 508 g/mol. The number of hydrogen-bond acceptors (Lipinski definition) is 6. The van der Waals surface area contributed by atoms with Crippen molar-refractivity contribution in [2.45, 2.75) is 6.42 Å². The molecule has 0 aromatic heterocycles. The van der Waals surface area contributed by atoms with Crippen LogP contribution in [0.1, 0.15) is 27.1 Å². The zero-order valence-corrected chi connectivity index (χ0v) is 21.1. The number of nitrogens with zero attached hydrogens (tertiary/aromatic N) is 1. The number of nitrogens with one attached hydrogen (secondary N) is 3. The van der Waals surface area contributed by atoms with Crippen LogP contribution in [0.5, 0.6) is 0 Å². The summed E-state index contributed by atoms with van der Waals surface area (Å²) in [5, 5.41) is 9.01. The molecule has 0 radical (unpaired) electrons. The van der Waals surface area contributed by atoms with Gasteiger partial charge in [-0.3, -0.25) is 13.9 Å². The lowest BCUT2D eigenvalue weighted by molar-refractivity contribution is 0.0948. The smallest absolute Gasteiger partial charge is 0.257 e. The molecule has 188 valence electrons. The minimum absolute atomic E-state index is 0.224. The van der Waals surface area contributed by atoms with E-state index in [-0.39, 0.29) is 11.8 Å². The van der Waals surface area contributed by atoms with Gasteiger partial charge in [0, 0.05) is 38.4 Å². The summed E-state index contributed by atoms with van der Waals surface area (Å²) in [5.74, 6) is -0.515. The molecule has 0 spiro atoms. The molecule has 4 rings (SSSR count). The number of anilines is 4. The van der Waals surface area contributed by atoms with Crippen LogP contribution in [0.2, 0.25) is 0 Å². The van der Waals surface area contributed by atoms with Gasteiger partial charge in [0.05, 0.1) is 34.6 Å². The van der Waals surface area contributed by atoms with Crippen molar-refractivity contribution in [3.8, 4) is 11.1 Å². The molecule has 0 atom stereocenters. The van der Waals surface area contributed by atoms with Crippen molar-refractivity contribution in [2.24, 2.45) is 0 Å². The van der Waals surface area contributed by atoms with Crippen molar-refractivity contribution in [2.75, 3.05) is 48.5 Å². The maximum absolute atomic E-state index is 12.9. The molecule has 3 aromatic carbocycles. The molecule has 9 nitrogen and oxygen atoms in total. The number of carbonyl (C=O) groups excluding carboxylic acids is 2. The molecule has 2 amide bonds. The van der Waals surface area contributed by atoms with Gasteiger partial charge in [0.1, 0.15) is 0 Å². The number of sulfonamides is 1. The number of fused-ring (bicyclic) bond motifs is 2. The van der Waals surface area contributed by atoms with Crippen LogP contribution in [-0.4, -0.2) is 53.8 Å². The largest absolute Gasteiger partial charge is 0.385 e. The lowest BCUT2D eigenvalue weighted by Gasteiger charge is -2.21. The summed E-state index contributed by atoms with van der Waals surface area (Å²) >= 11 is 0. The molecule has 0 unspecified atom stereocenters. The summed E-state index contributed by atoms with van der Waals surface area (Å²) in [7, 11) is -0.360. The van der Waals surface area contributed by atoms with E-state index in [2.05, 4.69) is 16.0 Å². The van der Waals surface area contributed by atoms with Crippen LogP contribution in [0.15, 0.2) is 60.7 Å². The molecule has 1 heterocycles. The van der Waals surface area contributed by atoms with Gasteiger partial charge in [-0.1, -0.05) is 24.3 Å². The fourth-order valence-electron chi connectivity index (χ4n) is 3.94. The summed E-state index contributed by atoms with van der Waals surface area (Å²) in [5.41, 5.74) is 4.49. The van der Waals surface area contributed by atoms with Crippen LogP contribution in [0.4, 0.5) is 22.7 Å². The predicted octanol–water partition coefficient (Wildman–Crippen LogP) is 3.83. The average molecular weight is 509 g/mol. The zero-order chi connectivity index (χ0) is 25.9. The second kappa shape index (κ2) is 10.4. The Hall–Kier alpha value is -3.89. The molecule has 0 aliphatic carbocycles. The van der Waals surface area contributed by atoms with E-state index in [4.69, 9.17) is 4.74 Å². The SMILES string of the molecule is COCCCNC(=O)c1ccc2c(c1)Nc1cc(-c3ccccc3N(C)S(C)(=O)=O)ccc1C(=O)N2. The molecule has 3 N–H and O–H groups in total. The van der Waals surface area contributed by atoms with Crippen LogP contribution in [0.3, 0.4) is 0 Å². The minimum Gasteiger partial charge on any atom is -0.385 e. The second-order valence-corrected chi connectivity index (χ2v) is 10.5. The van der Waals surface area contributed by atoms with E-state index < -0.39 is 10.0 Å². The van der Waals surface area contributed by atoms with Gasteiger partial charge in [0.15, 0.2) is 0 Å². The Labute approximate surface area is 210 Å². The van der Waals surface area contributed by atoms with Gasteiger partial charge < -0.3 is 20.7 Å². The van der Waals surface area contributed by atoms with Crippen molar-refractivity contribution < 1.29 is 22.7 Å². The molecular formula is C26H28N4O5S. The summed E-state index contributed by atoms with van der Waals surface area (Å²) in [4.78, 5) is 25.5. The van der Waals surface area contributed by atoms with Gasteiger partial charge in [0.2, 0.25) is 10.0 Å². The van der Waals surface area contributed by atoms with E-state index in [1.165, 1.54) is 11.4 Å². The number of rotatable bonds is 8. The van der Waals surface area contributed by atoms with Gasteiger partial charge >= 0.3 is 0 Å². The Morgan fingerprint density at radius 1 is 0.972 bits per heavy atom. The Morgan fingerprint density at radius 3 is 2.50 bits per heavy atom. The third kappa shape index (κ3) is 5.34. The molecule has 36 heavy (non-hydrogen) atoms. The first-order valence-electron chi connectivity index (χ1n) is 11.4. The standard InChI is InChI=1S/C26H28N4O5S/c1-30(36(3,33)34)24-8-5-4-7-19(24)17-9-11-20-22(15-17)28-23-16-18(10-12-21(23)29-26(20)32)25(31)27-13-6-14-35-2/h4-5,7-12,15-16,28H,6,13-14H2,1-3H3,(H,27,31)(H,29,32). The Kier molecular flexibility index (Phi) is 7.27. The minimum atomic E-state index is -3.47. The molecule has 0 fully saturated rings. The van der Waals surface area contributed by atoms with E-state index in [0.717, 1.165) is 11.8 Å². The molecule has 1 aliphatic rings. The highest BCUT2D eigenvalue weighted by Gasteiger charge is 2.22. The first kappa shape index (κ1) is 25.2. The van der Waals surface area contributed by atoms with Crippen molar-refractivity contribution in [1.29, 1.82) is 0 Å². The quantitative estimate of drug-likeness (QED) is 0.398. The van der Waals surface area contributed by atoms with Crippen LogP contribution < -0.4 is 20.3 Å². The third-order valence-corrected chi connectivity index (χ3v) is 7.12. The van der Waals surface area contributed by atoms with Crippen LogP contribution in [0, 0.1) is 0 Å². The number of para-hydroxylation sites is 1. The van der Waals surface area contributed by atoms with E-state index >= 15 is 0 Å². The molecule has 3 aromatic rings. The first-order chi connectivity index (χ1) is 17.2. The topological polar surface area (TPSA) is 117 Å². The van der Waals surface area contributed by atoms with Crippen LogP contribution in [-0.2, 0) is 14.8 Å². The molecular weight excluding hydrogens is 480 g/mol. The molecule has 0 saturated carbocycles. The maximum Gasteiger partial charge on any atom is 0.257 e. The number of carbonyl (C=O) groups is 2. The fourth-order valence-corrected chi connectivity index (χ4v) is 4.45. The third-order valence-electron chi connectivity index (χ3n) is 5.93. The molecule has 0 bridgehead atoms. The molecule has 1 aliphatic heterocycles. The van der Waals surface area contributed by atoms with E-state index in [1.807, 2.05) is 12.1 Å². The van der Waals surface area contributed by atoms with Gasteiger partial charge in [-0.05, 0) is 48.4 Å². The zero-order valence-electron chi connectivity index (χ0n) is 20.3. The summed E-state index contributed by atoms with van der Waals surface area (Å²) < 4.78 is 30.6. The Bertz CT molecular complexity index is 1420. The molecule has 10 heteroatoms. The highest BCUT2D eigenvalue weighted by molar-refractivity contribution is 7.92. The van der Waals surface area contributed by atoms with Crippen molar-refractivity contribution in [1.82, 2.24) is 5.32 Å². The fraction of sp³-hybridized carbons (Fsp3) is 0.231. The normalized spacial score (nSPS) is 12.5. The van der Waals surface area contributed by atoms with Crippen molar-refractivity contribution >= 4 is 44.6 Å². The first-order valence-corrected chi connectivity index (χ1v) is 13.2. The van der Waals surface area contributed by atoms with Crippen LogP contribution in [0.25, 0.3) is 11.1 Å². The number of benzene rings is 3. The van der Waals surface area contributed by atoms with Gasteiger partial charge in [-0.15, -0.1) is 0 Å². The number of hydrogen-bond donors (Lipinski definition) is 3. The summed E-state index contributed by atoms with van der Waals surface area (Å²) in [6.07, 6.45) is 1.85. The summed E-state index contributed by atoms with van der Waals surface area (Å²) in [6, 6.07) is 17.5. The van der Waals surface area contributed by atoms with E-state index in [1.54, 1.807) is 55.6 Å². The highest BCUT2D eigenvalue weighted by Crippen LogP contribution is 2.37. The summed E-state index contributed by atoms with van der Waals surface area (Å²) in [6.45, 7) is 1.04. The van der Waals surface area contributed by atoms with Crippen molar-refractivity contribution in [3.05, 3.63) is 71.8 Å². The second-order valence-electron chi connectivity index (χ2n) is 8.45. The lowest BCUT2D eigenvalue weighted by Crippen LogP contribution is -2.25. The predicted molar refractivity (Wildman–Crippen MR) is 142 cm³/mol. The van der Waals surface area contributed by atoms with Gasteiger partial charge in [-0.25, -0.2) is 8.42 Å². The number of ether oxygens (including phenoxy) is 1. The lowest BCUT2D eigenvalue weighted by atomic mass is 10.0. The Morgan fingerprint density at radius 2 is 1.75 bits per heavy atom. The van der Waals surface area contributed by atoms with Gasteiger partial charge in [-0.2, -0.15) is 0 Å². The van der Waals surface area contributed by atoms with E-state index in [9.17, 15) is 18.0 Å². The highest BCUT2D eigenvalue weighted by atomic mass is 32.2. The molecule has 0 saturated heterocycles. The number of amides is 2. The maximum atomic E-state index is 12.9. The van der Waals surface area contributed by atoms with Crippen molar-refractivity contribution in [3.63, 3.8) is 0 Å². The van der Waals surface area contributed by atoms with Gasteiger partial charge in [0.25, 0.3) is 11.8 Å². The van der Waals surface area contributed by atoms with E-state index in [0.29, 0.717) is 59.0 Å². The van der Waals surface area contributed by atoms with Crippen LogP contribution >= 0.6 is 0 Å². The average Bonchev–Trinajstić information content (AvgIpc) is 3.00. The Balaban J connectivity index is 1.68.